The minimum atomic E-state index is -0.241. The van der Waals surface area contributed by atoms with E-state index in [2.05, 4.69) is 15.3 Å². The van der Waals surface area contributed by atoms with Crippen LogP contribution in [0.15, 0.2) is 36.8 Å². The number of carbonyl (C=O) groups excluding carboxylic acids is 1. The molecular formula is C11H11N3O2. The fraction of sp³-hybridized carbons (Fsp3) is 0.0909. The summed E-state index contributed by atoms with van der Waals surface area (Å²) in [7, 11) is 0. The Bertz CT molecular complexity index is 462. The highest BCUT2D eigenvalue weighted by Crippen LogP contribution is 2.10. The molecule has 2 aromatic rings. The fourth-order valence-electron chi connectivity index (χ4n) is 1.27. The van der Waals surface area contributed by atoms with Crippen molar-refractivity contribution in [3.8, 4) is 0 Å². The number of imidazole rings is 1. The topological polar surface area (TPSA) is 78.0 Å². The average molecular weight is 217 g/mol. The molecule has 0 atom stereocenters. The van der Waals surface area contributed by atoms with Crippen LogP contribution in [0, 0.1) is 0 Å². The number of H-pyrrole nitrogens is 1. The number of aromatic amines is 1. The van der Waals surface area contributed by atoms with Crippen LogP contribution >= 0.6 is 0 Å². The molecule has 16 heavy (non-hydrogen) atoms. The molecule has 82 valence electrons. The Labute approximate surface area is 92.2 Å². The van der Waals surface area contributed by atoms with Crippen molar-refractivity contribution in [2.75, 3.05) is 5.32 Å². The quantitative estimate of drug-likeness (QED) is 0.721. The first-order chi connectivity index (χ1) is 7.79. The number of nitrogens with zero attached hydrogens (tertiary/aromatic N) is 1. The predicted octanol–water partition coefficient (Wildman–Crippen LogP) is 1.15. The Kier molecular flexibility index (Phi) is 2.98. The summed E-state index contributed by atoms with van der Waals surface area (Å²) in [4.78, 5) is 18.1. The summed E-state index contributed by atoms with van der Waals surface area (Å²) >= 11 is 0. The van der Waals surface area contributed by atoms with Crippen LogP contribution in [-0.2, 0) is 6.61 Å². The monoisotopic (exact) mass is 217 g/mol. The average Bonchev–Trinajstić information content (AvgIpc) is 2.83. The first-order valence-electron chi connectivity index (χ1n) is 4.79. The second-order valence-corrected chi connectivity index (χ2v) is 3.27. The Morgan fingerprint density at radius 3 is 2.69 bits per heavy atom. The van der Waals surface area contributed by atoms with Gasteiger partial charge < -0.3 is 15.4 Å². The molecule has 0 fully saturated rings. The number of aromatic nitrogens is 2. The van der Waals surface area contributed by atoms with Crippen LogP contribution in [0.4, 0.5) is 5.69 Å². The molecule has 0 aliphatic heterocycles. The number of carbonyl (C=O) groups is 1. The number of amides is 1. The Morgan fingerprint density at radius 1 is 1.38 bits per heavy atom. The van der Waals surface area contributed by atoms with E-state index in [4.69, 9.17) is 5.11 Å². The molecule has 3 N–H and O–H groups in total. The minimum absolute atomic E-state index is 0.00518. The molecular weight excluding hydrogens is 206 g/mol. The van der Waals surface area contributed by atoms with Crippen molar-refractivity contribution < 1.29 is 9.90 Å². The van der Waals surface area contributed by atoms with Crippen molar-refractivity contribution in [3.05, 3.63) is 48.0 Å². The van der Waals surface area contributed by atoms with Crippen molar-refractivity contribution in [1.29, 1.82) is 0 Å². The maximum absolute atomic E-state index is 11.6. The normalized spacial score (nSPS) is 10.1. The third-order valence-corrected chi connectivity index (χ3v) is 2.14. The lowest BCUT2D eigenvalue weighted by Crippen LogP contribution is -2.12. The molecule has 1 aromatic heterocycles. The van der Waals surface area contributed by atoms with Crippen molar-refractivity contribution in [1.82, 2.24) is 9.97 Å². The van der Waals surface area contributed by atoms with E-state index in [1.807, 2.05) is 0 Å². The van der Waals surface area contributed by atoms with Gasteiger partial charge in [0.1, 0.15) is 5.69 Å². The van der Waals surface area contributed by atoms with Crippen LogP contribution in [-0.4, -0.2) is 21.0 Å². The SMILES string of the molecule is O=C(Nc1ccc(CO)cc1)c1cnc[nH]1. The summed E-state index contributed by atoms with van der Waals surface area (Å²) in [5, 5.41) is 11.6. The number of rotatable bonds is 3. The van der Waals surface area contributed by atoms with E-state index in [1.54, 1.807) is 24.3 Å². The molecule has 0 bridgehead atoms. The number of aliphatic hydroxyl groups is 1. The van der Waals surface area contributed by atoms with E-state index in [1.165, 1.54) is 12.5 Å². The Balaban J connectivity index is 2.06. The standard InChI is InChI=1S/C11H11N3O2/c15-6-8-1-3-9(4-2-8)14-11(16)10-5-12-7-13-10/h1-5,7,15H,6H2,(H,12,13)(H,14,16). The largest absolute Gasteiger partial charge is 0.392 e. The number of hydrogen-bond donors (Lipinski definition) is 3. The highest BCUT2D eigenvalue weighted by atomic mass is 16.3. The van der Waals surface area contributed by atoms with E-state index in [9.17, 15) is 4.79 Å². The van der Waals surface area contributed by atoms with Gasteiger partial charge in [-0.05, 0) is 17.7 Å². The second-order valence-electron chi connectivity index (χ2n) is 3.27. The van der Waals surface area contributed by atoms with Crippen molar-refractivity contribution in [3.63, 3.8) is 0 Å². The summed E-state index contributed by atoms with van der Waals surface area (Å²) in [6, 6.07) is 6.98. The van der Waals surface area contributed by atoms with Crippen LogP contribution in [0.5, 0.6) is 0 Å². The maximum atomic E-state index is 11.6. The number of nitrogens with one attached hydrogen (secondary N) is 2. The molecule has 0 unspecified atom stereocenters. The first kappa shape index (κ1) is 10.4. The molecule has 0 radical (unpaired) electrons. The number of benzene rings is 1. The second kappa shape index (κ2) is 4.59. The Hall–Kier alpha value is -2.14. The highest BCUT2D eigenvalue weighted by Gasteiger charge is 2.06. The fourth-order valence-corrected chi connectivity index (χ4v) is 1.27. The van der Waals surface area contributed by atoms with Crippen molar-refractivity contribution in [2.24, 2.45) is 0 Å². The number of hydrogen-bond acceptors (Lipinski definition) is 3. The van der Waals surface area contributed by atoms with Crippen molar-refractivity contribution >= 4 is 11.6 Å². The van der Waals surface area contributed by atoms with E-state index in [0.29, 0.717) is 11.4 Å². The molecule has 1 amide bonds. The van der Waals surface area contributed by atoms with Crippen LogP contribution in [0.1, 0.15) is 16.1 Å². The first-order valence-corrected chi connectivity index (χ1v) is 4.79. The molecule has 0 spiro atoms. The van der Waals surface area contributed by atoms with Gasteiger partial charge >= 0.3 is 0 Å². The van der Waals surface area contributed by atoms with Crippen LogP contribution in [0.3, 0.4) is 0 Å². The molecule has 2 rings (SSSR count). The zero-order valence-electron chi connectivity index (χ0n) is 8.47. The molecule has 0 saturated carbocycles. The maximum Gasteiger partial charge on any atom is 0.273 e. The summed E-state index contributed by atoms with van der Waals surface area (Å²) in [6.07, 6.45) is 2.90. The highest BCUT2D eigenvalue weighted by molar-refractivity contribution is 6.02. The van der Waals surface area contributed by atoms with E-state index in [0.717, 1.165) is 5.56 Å². The van der Waals surface area contributed by atoms with Crippen LogP contribution < -0.4 is 5.32 Å². The van der Waals surface area contributed by atoms with Gasteiger partial charge in [-0.1, -0.05) is 12.1 Å². The zero-order valence-corrected chi connectivity index (χ0v) is 8.47. The lowest BCUT2D eigenvalue weighted by atomic mass is 10.2. The lowest BCUT2D eigenvalue weighted by molar-refractivity contribution is 0.102. The smallest absolute Gasteiger partial charge is 0.273 e. The Morgan fingerprint density at radius 2 is 2.12 bits per heavy atom. The molecule has 1 aromatic carbocycles. The minimum Gasteiger partial charge on any atom is -0.392 e. The van der Waals surface area contributed by atoms with Gasteiger partial charge in [-0.15, -0.1) is 0 Å². The van der Waals surface area contributed by atoms with Crippen LogP contribution in [0.2, 0.25) is 0 Å². The van der Waals surface area contributed by atoms with Crippen LogP contribution in [0.25, 0.3) is 0 Å². The number of aliphatic hydroxyl groups excluding tert-OH is 1. The molecule has 5 heteroatoms. The van der Waals surface area contributed by atoms with Gasteiger partial charge in [0.05, 0.1) is 19.1 Å². The third-order valence-electron chi connectivity index (χ3n) is 2.14. The van der Waals surface area contributed by atoms with Gasteiger partial charge in [0.15, 0.2) is 0 Å². The third kappa shape index (κ3) is 2.26. The number of anilines is 1. The van der Waals surface area contributed by atoms with Gasteiger partial charge in [0.25, 0.3) is 5.91 Å². The van der Waals surface area contributed by atoms with Gasteiger partial charge in [-0.25, -0.2) is 4.98 Å². The summed E-state index contributed by atoms with van der Waals surface area (Å²) in [6.45, 7) is -0.00518. The summed E-state index contributed by atoms with van der Waals surface area (Å²) < 4.78 is 0. The van der Waals surface area contributed by atoms with Gasteiger partial charge in [-0.3, -0.25) is 4.79 Å². The van der Waals surface area contributed by atoms with Gasteiger partial charge in [-0.2, -0.15) is 0 Å². The summed E-state index contributed by atoms with van der Waals surface area (Å²) in [5.74, 6) is -0.241. The zero-order chi connectivity index (χ0) is 11.4. The summed E-state index contributed by atoms with van der Waals surface area (Å²) in [5.41, 5.74) is 1.89. The molecule has 0 aliphatic carbocycles. The van der Waals surface area contributed by atoms with E-state index >= 15 is 0 Å². The van der Waals surface area contributed by atoms with E-state index in [-0.39, 0.29) is 12.5 Å². The molecule has 1 heterocycles. The molecule has 5 nitrogen and oxygen atoms in total. The molecule has 0 aliphatic rings. The van der Waals surface area contributed by atoms with Gasteiger partial charge in [0.2, 0.25) is 0 Å². The lowest BCUT2D eigenvalue weighted by Gasteiger charge is -2.03. The molecule has 0 saturated heterocycles. The van der Waals surface area contributed by atoms with Crippen molar-refractivity contribution in [2.45, 2.75) is 6.61 Å². The predicted molar refractivity (Wildman–Crippen MR) is 58.9 cm³/mol. The van der Waals surface area contributed by atoms with E-state index < -0.39 is 0 Å². The van der Waals surface area contributed by atoms with Gasteiger partial charge in [0, 0.05) is 5.69 Å².